The van der Waals surface area contributed by atoms with E-state index in [0.29, 0.717) is 6.54 Å². The molecule has 0 radical (unpaired) electrons. The smallest absolute Gasteiger partial charge is 0.244 e. The zero-order valence-electron chi connectivity index (χ0n) is 15.8. The van der Waals surface area contributed by atoms with Crippen molar-refractivity contribution in [3.63, 3.8) is 0 Å². The van der Waals surface area contributed by atoms with E-state index in [1.54, 1.807) is 10.9 Å². The number of anilines is 1. The van der Waals surface area contributed by atoms with Crippen LogP contribution in [0.3, 0.4) is 0 Å². The van der Waals surface area contributed by atoms with E-state index in [1.165, 1.54) is 11.5 Å². The molecule has 1 N–H and O–H groups in total. The van der Waals surface area contributed by atoms with Crippen LogP contribution in [0.15, 0.2) is 12.4 Å². The number of nitrogens with zero attached hydrogens (tertiary/aromatic N) is 6. The first-order chi connectivity index (χ1) is 12.1. The number of halogens is 2. The summed E-state index contributed by atoms with van der Waals surface area (Å²) in [6.07, 6.45) is 5.41. The highest BCUT2D eigenvalue weighted by Gasteiger charge is 2.28. The molecule has 152 valence electrons. The van der Waals surface area contributed by atoms with Crippen LogP contribution in [0.1, 0.15) is 30.8 Å². The maximum atomic E-state index is 13.0. The van der Waals surface area contributed by atoms with Gasteiger partial charge in [0.1, 0.15) is 11.9 Å². The molecular formula is C16H27Cl2N7OS. The highest BCUT2D eigenvalue weighted by atomic mass is 35.5. The van der Waals surface area contributed by atoms with Crippen molar-refractivity contribution in [3.05, 3.63) is 23.8 Å². The lowest BCUT2D eigenvalue weighted by Crippen LogP contribution is -2.41. The van der Waals surface area contributed by atoms with Gasteiger partial charge in [0.2, 0.25) is 11.0 Å². The molecule has 0 spiro atoms. The standard InChI is InChI=1S/C16H25N7OS.2ClH/c1-4-13-19-16(25-20-13)23-7-5-6-22(8-9-23)15(24)14(17-2)12-10-18-21(3)11-12;;/h10-11,14,17H,4-9H2,1-3H3;2*1H. The Labute approximate surface area is 176 Å². The fourth-order valence-electron chi connectivity index (χ4n) is 3.05. The maximum absolute atomic E-state index is 13.0. The molecular weight excluding hydrogens is 409 g/mol. The fraction of sp³-hybridized carbons (Fsp3) is 0.625. The van der Waals surface area contributed by atoms with Crippen LogP contribution in [0.5, 0.6) is 0 Å². The number of aromatic nitrogens is 4. The Kier molecular flexibility index (Phi) is 9.44. The second-order valence-electron chi connectivity index (χ2n) is 6.18. The minimum absolute atomic E-state index is 0. The zero-order valence-corrected chi connectivity index (χ0v) is 18.2. The Balaban J connectivity index is 0.00000182. The molecule has 1 amide bonds. The number of hydrogen-bond donors (Lipinski definition) is 1. The van der Waals surface area contributed by atoms with Gasteiger partial charge in [0.15, 0.2) is 0 Å². The molecule has 27 heavy (non-hydrogen) atoms. The second-order valence-corrected chi connectivity index (χ2v) is 6.91. The zero-order chi connectivity index (χ0) is 17.8. The van der Waals surface area contributed by atoms with E-state index in [4.69, 9.17) is 0 Å². The van der Waals surface area contributed by atoms with Crippen molar-refractivity contribution in [1.29, 1.82) is 0 Å². The number of aryl methyl sites for hydroxylation is 2. The molecule has 1 aliphatic rings. The predicted octanol–water partition coefficient (Wildman–Crippen LogP) is 1.68. The molecule has 1 aliphatic heterocycles. The first kappa shape index (κ1) is 23.6. The predicted molar refractivity (Wildman–Crippen MR) is 112 cm³/mol. The van der Waals surface area contributed by atoms with Gasteiger partial charge in [0.05, 0.1) is 6.20 Å². The molecule has 3 rings (SSSR count). The molecule has 11 heteroatoms. The van der Waals surface area contributed by atoms with Crippen LogP contribution < -0.4 is 10.2 Å². The molecule has 2 aromatic rings. The van der Waals surface area contributed by atoms with Crippen LogP contribution in [0.4, 0.5) is 5.13 Å². The molecule has 2 aromatic heterocycles. The molecule has 1 fully saturated rings. The topological polar surface area (TPSA) is 79.2 Å². The summed E-state index contributed by atoms with van der Waals surface area (Å²) >= 11 is 1.45. The number of likely N-dealkylation sites (N-methyl/N-ethyl adjacent to an activating group) is 1. The molecule has 0 aliphatic carbocycles. The molecule has 0 saturated carbocycles. The van der Waals surface area contributed by atoms with Gasteiger partial charge in [-0.25, -0.2) is 4.98 Å². The highest BCUT2D eigenvalue weighted by Crippen LogP contribution is 2.21. The van der Waals surface area contributed by atoms with Crippen LogP contribution in [0.2, 0.25) is 0 Å². The number of hydrogen-bond acceptors (Lipinski definition) is 7. The van der Waals surface area contributed by atoms with Crippen LogP contribution in [-0.2, 0) is 18.3 Å². The molecule has 8 nitrogen and oxygen atoms in total. The minimum Gasteiger partial charge on any atom is -0.345 e. The minimum atomic E-state index is -0.353. The fourth-order valence-corrected chi connectivity index (χ4v) is 3.85. The summed E-state index contributed by atoms with van der Waals surface area (Å²) < 4.78 is 6.09. The first-order valence-electron chi connectivity index (χ1n) is 8.64. The van der Waals surface area contributed by atoms with Crippen LogP contribution in [0, 0.1) is 0 Å². The quantitative estimate of drug-likeness (QED) is 0.769. The monoisotopic (exact) mass is 435 g/mol. The van der Waals surface area contributed by atoms with Gasteiger partial charge < -0.3 is 15.1 Å². The van der Waals surface area contributed by atoms with Gasteiger partial charge in [-0.3, -0.25) is 9.48 Å². The Morgan fingerprint density at radius 2 is 2.07 bits per heavy atom. The van der Waals surface area contributed by atoms with Gasteiger partial charge in [-0.2, -0.15) is 9.47 Å². The summed E-state index contributed by atoms with van der Waals surface area (Å²) in [6.45, 7) is 5.20. The van der Waals surface area contributed by atoms with Gasteiger partial charge in [0.25, 0.3) is 0 Å². The van der Waals surface area contributed by atoms with Crippen molar-refractivity contribution < 1.29 is 4.79 Å². The average Bonchev–Trinajstić information content (AvgIpc) is 3.18. The van der Waals surface area contributed by atoms with Gasteiger partial charge in [-0.15, -0.1) is 24.8 Å². The largest absolute Gasteiger partial charge is 0.345 e. The van der Waals surface area contributed by atoms with Gasteiger partial charge in [-0.1, -0.05) is 6.92 Å². The van der Waals surface area contributed by atoms with E-state index in [0.717, 1.165) is 49.0 Å². The summed E-state index contributed by atoms with van der Waals surface area (Å²) in [4.78, 5) is 21.7. The third-order valence-electron chi connectivity index (χ3n) is 4.45. The molecule has 0 bridgehead atoms. The van der Waals surface area contributed by atoms with E-state index in [-0.39, 0.29) is 36.8 Å². The van der Waals surface area contributed by atoms with E-state index >= 15 is 0 Å². The summed E-state index contributed by atoms with van der Waals surface area (Å²) in [7, 11) is 3.67. The summed E-state index contributed by atoms with van der Waals surface area (Å²) in [5.74, 6) is 0.993. The summed E-state index contributed by atoms with van der Waals surface area (Å²) in [5, 5.41) is 8.26. The highest BCUT2D eigenvalue weighted by molar-refractivity contribution is 7.09. The van der Waals surface area contributed by atoms with E-state index in [2.05, 4.69) is 31.6 Å². The SMILES string of the molecule is CCc1nsc(N2CCCN(C(=O)C(NC)c3cnn(C)c3)CC2)n1.Cl.Cl. The summed E-state index contributed by atoms with van der Waals surface area (Å²) in [6, 6.07) is -0.353. The van der Waals surface area contributed by atoms with Crippen LogP contribution >= 0.6 is 36.3 Å². The van der Waals surface area contributed by atoms with Gasteiger partial charge in [-0.05, 0) is 13.5 Å². The van der Waals surface area contributed by atoms with E-state index < -0.39 is 0 Å². The van der Waals surface area contributed by atoms with Crippen molar-refractivity contribution in [2.75, 3.05) is 38.1 Å². The average molecular weight is 436 g/mol. The lowest BCUT2D eigenvalue weighted by atomic mass is 10.1. The molecule has 3 heterocycles. The van der Waals surface area contributed by atoms with Gasteiger partial charge >= 0.3 is 0 Å². The number of nitrogens with one attached hydrogen (secondary N) is 1. The molecule has 1 saturated heterocycles. The first-order valence-corrected chi connectivity index (χ1v) is 9.41. The summed E-state index contributed by atoms with van der Waals surface area (Å²) in [5.41, 5.74) is 0.896. The van der Waals surface area contributed by atoms with Crippen molar-refractivity contribution >= 4 is 47.4 Å². The Morgan fingerprint density at radius 3 is 2.67 bits per heavy atom. The molecule has 1 unspecified atom stereocenters. The molecule has 1 atom stereocenters. The Hall–Kier alpha value is -1.42. The normalized spacial score (nSPS) is 15.5. The lowest BCUT2D eigenvalue weighted by molar-refractivity contribution is -0.133. The lowest BCUT2D eigenvalue weighted by Gasteiger charge is -2.25. The van der Waals surface area contributed by atoms with E-state index in [1.807, 2.05) is 25.2 Å². The third kappa shape index (κ3) is 5.54. The van der Waals surface area contributed by atoms with E-state index in [9.17, 15) is 4.79 Å². The second kappa shape index (κ2) is 10.8. The third-order valence-corrected chi connectivity index (χ3v) is 5.26. The Morgan fingerprint density at radius 1 is 1.30 bits per heavy atom. The van der Waals surface area contributed by atoms with Crippen molar-refractivity contribution in [2.24, 2.45) is 7.05 Å². The van der Waals surface area contributed by atoms with Crippen LogP contribution in [0.25, 0.3) is 0 Å². The van der Waals surface area contributed by atoms with Crippen LogP contribution in [-0.4, -0.2) is 63.2 Å². The number of carbonyl (C=O) groups excluding carboxylic acids is 1. The van der Waals surface area contributed by atoms with Crippen molar-refractivity contribution in [1.82, 2.24) is 29.4 Å². The number of rotatable bonds is 5. The number of carbonyl (C=O) groups is 1. The maximum Gasteiger partial charge on any atom is 0.244 e. The van der Waals surface area contributed by atoms with Crippen molar-refractivity contribution in [2.45, 2.75) is 25.8 Å². The number of amides is 1. The van der Waals surface area contributed by atoms with Crippen molar-refractivity contribution in [3.8, 4) is 0 Å². The Bertz CT molecular complexity index is 723. The molecule has 0 aromatic carbocycles. The van der Waals surface area contributed by atoms with Gasteiger partial charge in [0, 0.05) is 62.9 Å².